The van der Waals surface area contributed by atoms with Gasteiger partial charge in [0.25, 0.3) is 0 Å². The van der Waals surface area contributed by atoms with Crippen LogP contribution in [0.2, 0.25) is 0 Å². The molecular formula is C39H66O32. The average Bonchev–Trinajstić information content (AvgIpc) is 3.35. The van der Waals surface area contributed by atoms with E-state index in [9.17, 15) is 97.0 Å². The van der Waals surface area contributed by atoms with E-state index in [1.54, 1.807) is 0 Å². The Morgan fingerprint density at radius 2 is 0.761 bits per heavy atom. The second-order valence-electron chi connectivity index (χ2n) is 18.2. The second kappa shape index (κ2) is 24.4. The van der Waals surface area contributed by atoms with E-state index < -0.39 is 236 Å². The molecular weight excluding hydrogens is 980 g/mol. The van der Waals surface area contributed by atoms with E-state index in [2.05, 4.69) is 0 Å². The van der Waals surface area contributed by atoms with Gasteiger partial charge in [-0.15, -0.1) is 0 Å². The molecule has 7 aliphatic rings. The van der Waals surface area contributed by atoms with Gasteiger partial charge in [0, 0.05) is 0 Å². The van der Waals surface area contributed by atoms with Crippen molar-refractivity contribution in [3.63, 3.8) is 0 Å². The fourth-order valence-corrected chi connectivity index (χ4v) is 8.94. The van der Waals surface area contributed by atoms with Gasteiger partial charge < -0.3 is 159 Å². The Balaban J connectivity index is 1.29. The lowest BCUT2D eigenvalue weighted by Crippen LogP contribution is -2.69. The zero-order chi connectivity index (χ0) is 51.9. The first-order valence-corrected chi connectivity index (χ1v) is 22.7. The van der Waals surface area contributed by atoms with Crippen LogP contribution in [0.1, 0.15) is 6.92 Å². The lowest BCUT2D eigenvalue weighted by Gasteiger charge is -2.52. The monoisotopic (exact) mass is 1050 g/mol. The number of hydrogen-bond acceptors (Lipinski definition) is 32. The van der Waals surface area contributed by atoms with Gasteiger partial charge >= 0.3 is 0 Å². The molecule has 0 radical (unpaired) electrons. The van der Waals surface area contributed by atoms with E-state index in [1.807, 2.05) is 0 Å². The molecule has 0 bridgehead atoms. The standard InChI is InChI=1S/C39H66O32/c1-8-15(45)21(51)26(56)37(63-8)70-31-30(69-35-24(54)17(47)10(43)5-60-35)28(13(3-41)64-33(31)58)67-39-32(71-36-25(55)18(48)11(44)6-61-36)29(68-38-27(57)22(52)19(49)12(2-40)65-38)20(50)14(66-39)7-62-34-23(53)16(46)9(42)4-59-34/h8-58H,2-7H2,1H3. The van der Waals surface area contributed by atoms with Crippen molar-refractivity contribution in [2.75, 3.05) is 39.6 Å². The molecule has 0 aliphatic carbocycles. The maximum atomic E-state index is 12.1. The average molecular weight is 1050 g/mol. The van der Waals surface area contributed by atoms with Gasteiger partial charge in [-0.2, -0.15) is 0 Å². The molecule has 0 amide bonds. The Morgan fingerprint density at radius 1 is 0.338 bits per heavy atom. The molecule has 7 saturated heterocycles. The lowest BCUT2D eigenvalue weighted by molar-refractivity contribution is -0.417. The number of ether oxygens (including phenoxy) is 13. The third-order valence-corrected chi connectivity index (χ3v) is 13.3. The molecule has 0 aromatic rings. The van der Waals surface area contributed by atoms with Gasteiger partial charge in [0.15, 0.2) is 44.0 Å². The third-order valence-electron chi connectivity index (χ3n) is 13.3. The highest BCUT2D eigenvalue weighted by Gasteiger charge is 2.59. The summed E-state index contributed by atoms with van der Waals surface area (Å²) >= 11 is 0. The largest absolute Gasteiger partial charge is 0.394 e. The van der Waals surface area contributed by atoms with E-state index in [1.165, 1.54) is 6.92 Å². The zero-order valence-corrected chi connectivity index (χ0v) is 37.5. The van der Waals surface area contributed by atoms with Gasteiger partial charge in [-0.05, 0) is 6.92 Å². The topological polar surface area (TPSA) is 504 Å². The van der Waals surface area contributed by atoms with Crippen molar-refractivity contribution in [3.8, 4) is 0 Å². The summed E-state index contributed by atoms with van der Waals surface area (Å²) in [5.74, 6) is 0. The van der Waals surface area contributed by atoms with Gasteiger partial charge in [0.1, 0.15) is 146 Å². The van der Waals surface area contributed by atoms with Crippen molar-refractivity contribution >= 4 is 0 Å². The number of hydrogen-bond donors (Lipinski definition) is 19. The van der Waals surface area contributed by atoms with Gasteiger partial charge in [-0.25, -0.2) is 0 Å². The van der Waals surface area contributed by atoms with Crippen LogP contribution in [0.15, 0.2) is 0 Å². The molecule has 7 aliphatic heterocycles. The molecule has 19 N–H and O–H groups in total. The maximum absolute atomic E-state index is 12.1. The van der Waals surface area contributed by atoms with Crippen molar-refractivity contribution in [2.24, 2.45) is 0 Å². The maximum Gasteiger partial charge on any atom is 0.187 e. The van der Waals surface area contributed by atoms with Crippen LogP contribution in [-0.4, -0.2) is 333 Å². The summed E-state index contributed by atoms with van der Waals surface area (Å²) in [4.78, 5) is 0. The summed E-state index contributed by atoms with van der Waals surface area (Å²) < 4.78 is 75.4. The summed E-state index contributed by atoms with van der Waals surface area (Å²) in [7, 11) is 0. The quantitative estimate of drug-likeness (QED) is 0.0724. The zero-order valence-electron chi connectivity index (χ0n) is 37.5. The highest BCUT2D eigenvalue weighted by Crippen LogP contribution is 2.39. The van der Waals surface area contributed by atoms with E-state index in [-0.39, 0.29) is 0 Å². The van der Waals surface area contributed by atoms with E-state index in [4.69, 9.17) is 61.6 Å². The first-order valence-electron chi connectivity index (χ1n) is 22.7. The minimum atomic E-state index is -2.24. The van der Waals surface area contributed by atoms with Crippen molar-refractivity contribution in [1.29, 1.82) is 0 Å². The van der Waals surface area contributed by atoms with Crippen molar-refractivity contribution in [1.82, 2.24) is 0 Å². The van der Waals surface area contributed by atoms with Crippen LogP contribution in [0.5, 0.6) is 0 Å². The molecule has 32 nitrogen and oxygen atoms in total. The first kappa shape index (κ1) is 57.4. The fraction of sp³-hybridized carbons (Fsp3) is 1.00. The van der Waals surface area contributed by atoms with E-state index in [0.717, 1.165) is 0 Å². The highest BCUT2D eigenvalue weighted by molar-refractivity contribution is 5.00. The molecule has 32 unspecified atom stereocenters. The minimum absolute atomic E-state index is 0.552. The van der Waals surface area contributed by atoms with Crippen molar-refractivity contribution in [3.05, 3.63) is 0 Å². The number of aliphatic hydroxyl groups excluding tert-OH is 19. The van der Waals surface area contributed by atoms with E-state index >= 15 is 0 Å². The van der Waals surface area contributed by atoms with Crippen LogP contribution in [-0.2, 0) is 61.6 Å². The van der Waals surface area contributed by atoms with Gasteiger partial charge in [-0.1, -0.05) is 0 Å². The Bertz CT molecular complexity index is 1640. The van der Waals surface area contributed by atoms with Crippen LogP contribution < -0.4 is 0 Å². The molecule has 7 fully saturated rings. The van der Waals surface area contributed by atoms with E-state index in [0.29, 0.717) is 0 Å². The summed E-state index contributed by atoms with van der Waals surface area (Å²) in [6.07, 6.45) is -61.8. The Hall–Kier alpha value is -1.28. The van der Waals surface area contributed by atoms with Gasteiger partial charge in [0.05, 0.1) is 45.7 Å². The SMILES string of the molecule is CC1OC(OC2C(O)OC(CO)C(OC3OC(COC4OCC(O)C(O)C4O)C(O)C(OC4OC(CO)C(O)C(O)C4O)C3OC3OCC(O)C(O)C3O)C2OC2OCC(O)C(O)C2O)C(O)C(O)C1O. The first-order chi connectivity index (χ1) is 33.6. The predicted molar refractivity (Wildman–Crippen MR) is 212 cm³/mol. The summed E-state index contributed by atoms with van der Waals surface area (Å²) in [6.45, 7) is -3.58. The molecule has 0 saturated carbocycles. The molecule has 414 valence electrons. The molecule has 71 heavy (non-hydrogen) atoms. The lowest BCUT2D eigenvalue weighted by atomic mass is 9.95. The highest BCUT2D eigenvalue weighted by atomic mass is 16.8. The van der Waals surface area contributed by atoms with Crippen LogP contribution in [0.3, 0.4) is 0 Å². The minimum Gasteiger partial charge on any atom is -0.394 e. The van der Waals surface area contributed by atoms with Crippen LogP contribution >= 0.6 is 0 Å². The Labute approximate surface area is 401 Å². The third kappa shape index (κ3) is 12.1. The molecule has 0 aromatic carbocycles. The molecule has 7 rings (SSSR count). The van der Waals surface area contributed by atoms with Crippen molar-refractivity contribution in [2.45, 2.75) is 204 Å². The number of rotatable bonds is 15. The summed E-state index contributed by atoms with van der Waals surface area (Å²) in [5, 5.41) is 203. The molecule has 32 atom stereocenters. The molecule has 0 aromatic heterocycles. The Morgan fingerprint density at radius 3 is 1.31 bits per heavy atom. The second-order valence-corrected chi connectivity index (χ2v) is 18.2. The molecule has 32 heteroatoms. The molecule has 0 spiro atoms. The van der Waals surface area contributed by atoms with Crippen LogP contribution in [0, 0.1) is 0 Å². The Kier molecular flexibility index (Phi) is 19.7. The van der Waals surface area contributed by atoms with Gasteiger partial charge in [0.2, 0.25) is 0 Å². The molecule has 7 heterocycles. The smallest absolute Gasteiger partial charge is 0.187 e. The fourth-order valence-electron chi connectivity index (χ4n) is 8.94. The van der Waals surface area contributed by atoms with Crippen LogP contribution in [0.25, 0.3) is 0 Å². The normalized spacial score (nSPS) is 54.4. The van der Waals surface area contributed by atoms with Crippen molar-refractivity contribution < 1.29 is 159 Å². The summed E-state index contributed by atoms with van der Waals surface area (Å²) in [6, 6.07) is 0. The predicted octanol–water partition coefficient (Wildman–Crippen LogP) is -13.3. The summed E-state index contributed by atoms with van der Waals surface area (Å²) in [5.41, 5.74) is 0. The number of aliphatic hydroxyl groups is 19. The van der Waals surface area contributed by atoms with Gasteiger partial charge in [-0.3, -0.25) is 0 Å². The van der Waals surface area contributed by atoms with Crippen LogP contribution in [0.4, 0.5) is 0 Å².